The fourth-order valence-corrected chi connectivity index (χ4v) is 5.47. The van der Waals surface area contributed by atoms with E-state index in [1.807, 2.05) is 12.1 Å². The van der Waals surface area contributed by atoms with Crippen LogP contribution in [0.3, 0.4) is 0 Å². The van der Waals surface area contributed by atoms with Gasteiger partial charge in [-0.25, -0.2) is 9.78 Å². The number of benzene rings is 1. The second-order valence-corrected chi connectivity index (χ2v) is 10.3. The lowest BCUT2D eigenvalue weighted by Crippen LogP contribution is -2.34. The summed E-state index contributed by atoms with van der Waals surface area (Å²) < 4.78 is 45.8. The van der Waals surface area contributed by atoms with Crippen molar-refractivity contribution in [1.82, 2.24) is 24.8 Å². The maximum absolute atomic E-state index is 13.5. The fourth-order valence-electron chi connectivity index (χ4n) is 5.28. The summed E-state index contributed by atoms with van der Waals surface area (Å²) in [5.74, 6) is 0. The Morgan fingerprint density at radius 3 is 2.70 bits per heavy atom. The molecule has 6 rings (SSSR count). The lowest BCUT2D eigenvalue weighted by molar-refractivity contribution is -0.137. The van der Waals surface area contributed by atoms with Crippen LogP contribution in [0.2, 0.25) is 5.15 Å². The summed E-state index contributed by atoms with van der Waals surface area (Å²) in [5, 5.41) is 4.42. The number of nitrogens with one attached hydrogen (secondary N) is 1. The normalized spacial score (nSPS) is 15.5. The van der Waals surface area contributed by atoms with Crippen molar-refractivity contribution in [2.75, 3.05) is 13.1 Å². The molecule has 11 heteroatoms. The van der Waals surface area contributed by atoms with Crippen LogP contribution < -0.4 is 5.32 Å². The van der Waals surface area contributed by atoms with Crippen LogP contribution in [0.4, 0.5) is 18.0 Å². The first kappa shape index (κ1) is 26.5. The molecule has 0 atom stereocenters. The predicted molar refractivity (Wildman–Crippen MR) is 145 cm³/mol. The van der Waals surface area contributed by atoms with Gasteiger partial charge < -0.3 is 10.1 Å². The lowest BCUT2D eigenvalue weighted by atomic mass is 10.0. The first-order valence-electron chi connectivity index (χ1n) is 12.8. The molecule has 1 amide bonds. The summed E-state index contributed by atoms with van der Waals surface area (Å²) in [6.45, 7) is 3.34. The van der Waals surface area contributed by atoms with Crippen LogP contribution in [0.15, 0.2) is 54.9 Å². The zero-order valence-corrected chi connectivity index (χ0v) is 22.1. The molecular formula is C29H25ClF3N5O2. The fraction of sp³-hybridized carbons (Fsp3) is 0.276. The zero-order valence-electron chi connectivity index (χ0n) is 21.3. The van der Waals surface area contributed by atoms with Gasteiger partial charge in [0.25, 0.3) is 0 Å². The maximum Gasteiger partial charge on any atom is 0.417 e. The number of aromatic nitrogens is 3. The van der Waals surface area contributed by atoms with Gasteiger partial charge in [-0.15, -0.1) is 0 Å². The number of carbonyl (C=O) groups excluding carboxylic acids is 1. The van der Waals surface area contributed by atoms with Crippen LogP contribution in [0, 0.1) is 0 Å². The summed E-state index contributed by atoms with van der Waals surface area (Å²) in [5.41, 5.74) is 5.69. The van der Waals surface area contributed by atoms with E-state index in [9.17, 15) is 18.0 Å². The molecule has 5 heterocycles. The SMILES string of the molecule is O=C(NCc1ccnc(Cl)c1)n1c2c(c3cc4c(cc31)COC4)CN(C/C=C/c1ccc(C(F)(F)F)cn1)CC2. The van der Waals surface area contributed by atoms with Crippen LogP contribution in [-0.4, -0.2) is 38.6 Å². The number of nitrogens with zero attached hydrogens (tertiary/aromatic N) is 4. The Morgan fingerprint density at radius 2 is 1.95 bits per heavy atom. The molecule has 0 unspecified atom stereocenters. The second-order valence-electron chi connectivity index (χ2n) is 9.89. The maximum atomic E-state index is 13.5. The highest BCUT2D eigenvalue weighted by molar-refractivity contribution is 6.29. The molecule has 3 aromatic heterocycles. The van der Waals surface area contributed by atoms with E-state index in [-0.39, 0.29) is 6.03 Å². The van der Waals surface area contributed by atoms with E-state index < -0.39 is 11.7 Å². The smallest absolute Gasteiger partial charge is 0.372 e. The number of pyridine rings is 2. The quantitative estimate of drug-likeness (QED) is 0.301. The van der Waals surface area contributed by atoms with Crippen LogP contribution in [0.5, 0.6) is 0 Å². The van der Waals surface area contributed by atoms with E-state index >= 15 is 0 Å². The number of rotatable bonds is 5. The van der Waals surface area contributed by atoms with Crippen LogP contribution in [0.1, 0.15) is 39.2 Å². The van der Waals surface area contributed by atoms with Crippen molar-refractivity contribution in [3.8, 4) is 0 Å². The molecule has 0 saturated heterocycles. The first-order valence-corrected chi connectivity index (χ1v) is 13.2. The Hall–Kier alpha value is -3.73. The Kier molecular flexibility index (Phi) is 7.07. The molecule has 2 aliphatic rings. The second kappa shape index (κ2) is 10.7. The summed E-state index contributed by atoms with van der Waals surface area (Å²) in [7, 11) is 0. The highest BCUT2D eigenvalue weighted by Crippen LogP contribution is 2.35. The number of ether oxygens (including phenoxy) is 1. The topological polar surface area (TPSA) is 72.3 Å². The number of hydrogen-bond acceptors (Lipinski definition) is 5. The highest BCUT2D eigenvalue weighted by Gasteiger charge is 2.31. The van der Waals surface area contributed by atoms with E-state index in [1.165, 1.54) is 6.07 Å². The molecule has 40 heavy (non-hydrogen) atoms. The Bertz CT molecular complexity index is 1610. The largest absolute Gasteiger partial charge is 0.417 e. The van der Waals surface area contributed by atoms with Gasteiger partial charge in [-0.3, -0.25) is 14.5 Å². The van der Waals surface area contributed by atoms with Gasteiger partial charge >= 0.3 is 12.2 Å². The first-order chi connectivity index (χ1) is 19.3. The van der Waals surface area contributed by atoms with Crippen molar-refractivity contribution >= 4 is 34.6 Å². The molecule has 0 radical (unpaired) electrons. The van der Waals surface area contributed by atoms with Gasteiger partial charge in [0.15, 0.2) is 0 Å². The number of carbonyl (C=O) groups is 1. The molecule has 0 spiro atoms. The standard InChI is InChI=1S/C29H25ClF3N5O2/c30-27-10-18(5-7-34-27)13-36-28(39)38-25-6-9-37(8-1-2-22-4-3-21(14-35-22)29(31,32)33)15-24(25)23-11-19-16-40-17-20(19)12-26(23)38/h1-5,7,10-12,14H,6,8-9,13,15-17H2,(H,36,39)/b2-1+. The summed E-state index contributed by atoms with van der Waals surface area (Å²) in [6.07, 6.45) is 2.34. The van der Waals surface area contributed by atoms with Crippen LogP contribution >= 0.6 is 11.6 Å². The summed E-state index contributed by atoms with van der Waals surface area (Å²) in [6, 6.07) is 9.91. The number of halogens is 4. The molecule has 1 N–H and O–H groups in total. The molecule has 7 nitrogen and oxygen atoms in total. The van der Waals surface area contributed by atoms with Gasteiger partial charge in [-0.1, -0.05) is 17.7 Å². The molecule has 0 bridgehead atoms. The van der Waals surface area contributed by atoms with E-state index in [0.717, 1.165) is 57.7 Å². The van der Waals surface area contributed by atoms with Crippen molar-refractivity contribution in [3.63, 3.8) is 0 Å². The Labute approximate surface area is 233 Å². The third kappa shape index (κ3) is 5.34. The van der Waals surface area contributed by atoms with Gasteiger partial charge in [-0.05, 0) is 64.7 Å². The average molecular weight is 568 g/mol. The molecule has 0 aliphatic carbocycles. The minimum Gasteiger partial charge on any atom is -0.372 e. The third-order valence-corrected chi connectivity index (χ3v) is 7.47. The number of alkyl halides is 3. The van der Waals surface area contributed by atoms with E-state index in [0.29, 0.717) is 50.1 Å². The molecule has 0 fully saturated rings. The van der Waals surface area contributed by atoms with Crippen molar-refractivity contribution in [2.24, 2.45) is 0 Å². The molecular weight excluding hydrogens is 543 g/mol. The minimum absolute atomic E-state index is 0.209. The number of amides is 1. The van der Waals surface area contributed by atoms with E-state index in [4.69, 9.17) is 16.3 Å². The third-order valence-electron chi connectivity index (χ3n) is 7.27. The summed E-state index contributed by atoms with van der Waals surface area (Å²) >= 11 is 6.00. The number of hydrogen-bond donors (Lipinski definition) is 1. The Morgan fingerprint density at radius 1 is 1.12 bits per heavy atom. The molecule has 4 aromatic rings. The van der Waals surface area contributed by atoms with Crippen molar-refractivity contribution < 1.29 is 22.7 Å². The lowest BCUT2D eigenvalue weighted by Gasteiger charge is -2.27. The molecule has 206 valence electrons. The minimum atomic E-state index is -4.41. The summed E-state index contributed by atoms with van der Waals surface area (Å²) in [4.78, 5) is 23.7. The van der Waals surface area contributed by atoms with Gasteiger partial charge in [0.05, 0.1) is 30.0 Å². The van der Waals surface area contributed by atoms with Gasteiger partial charge in [0, 0.05) is 56.1 Å². The van der Waals surface area contributed by atoms with Crippen molar-refractivity contribution in [1.29, 1.82) is 0 Å². The predicted octanol–water partition coefficient (Wildman–Crippen LogP) is 5.96. The van der Waals surface area contributed by atoms with Gasteiger partial charge in [-0.2, -0.15) is 13.2 Å². The Balaban J connectivity index is 1.23. The zero-order chi connectivity index (χ0) is 27.9. The van der Waals surface area contributed by atoms with Crippen LogP contribution in [-0.2, 0) is 43.6 Å². The van der Waals surface area contributed by atoms with Crippen molar-refractivity contribution in [3.05, 3.63) is 99.2 Å². The van der Waals surface area contributed by atoms with Crippen molar-refractivity contribution in [2.45, 2.75) is 38.9 Å². The highest BCUT2D eigenvalue weighted by atomic mass is 35.5. The van der Waals surface area contributed by atoms with E-state index in [2.05, 4.69) is 32.3 Å². The molecule has 2 aliphatic heterocycles. The average Bonchev–Trinajstić information content (AvgIpc) is 3.52. The molecule has 1 aromatic carbocycles. The molecule has 0 saturated carbocycles. The van der Waals surface area contributed by atoms with Gasteiger partial charge in [0.2, 0.25) is 0 Å². The number of fused-ring (bicyclic) bond motifs is 4. The van der Waals surface area contributed by atoms with Crippen LogP contribution in [0.25, 0.3) is 17.0 Å². The monoisotopic (exact) mass is 567 g/mol. The van der Waals surface area contributed by atoms with Gasteiger partial charge in [0.1, 0.15) is 5.15 Å². The van der Waals surface area contributed by atoms with E-state index in [1.54, 1.807) is 22.9 Å².